The Balaban J connectivity index is 1.39. The van der Waals surface area contributed by atoms with Gasteiger partial charge in [0.05, 0.1) is 5.69 Å². The summed E-state index contributed by atoms with van der Waals surface area (Å²) in [7, 11) is 0. The maximum absolute atomic E-state index is 14.0. The van der Waals surface area contributed by atoms with Gasteiger partial charge in [0.25, 0.3) is 5.91 Å². The monoisotopic (exact) mass is 518 g/mol. The highest BCUT2D eigenvalue weighted by Gasteiger charge is 2.52. The average Bonchev–Trinajstić information content (AvgIpc) is 3.50. The average molecular weight is 519 g/mol. The number of nitrogens with two attached hydrogens (primary N) is 2. The zero-order valence-electron chi connectivity index (χ0n) is 20.0. The van der Waals surface area contributed by atoms with Crippen LogP contribution in [0.15, 0.2) is 71.8 Å². The smallest absolute Gasteiger partial charge is 0.264 e. The Hall–Kier alpha value is -3.92. The number of nitrogens with one attached hydrogen (secondary N) is 1. The summed E-state index contributed by atoms with van der Waals surface area (Å²) in [5.74, 6) is 10.4. The fourth-order valence-corrected chi connectivity index (χ4v) is 5.51. The van der Waals surface area contributed by atoms with E-state index in [-0.39, 0.29) is 12.5 Å². The number of hydrazine groups is 1. The molecule has 0 bridgehead atoms. The minimum absolute atomic E-state index is 0.120. The van der Waals surface area contributed by atoms with E-state index in [4.69, 9.17) is 23.3 Å². The molecule has 0 radical (unpaired) electrons. The first kappa shape index (κ1) is 24.8. The molecular weight excluding hydrogens is 492 g/mol. The van der Waals surface area contributed by atoms with Crippen molar-refractivity contribution in [1.82, 2.24) is 10.2 Å². The molecule has 1 aliphatic carbocycles. The summed E-state index contributed by atoms with van der Waals surface area (Å²) < 4.78 is 0. The summed E-state index contributed by atoms with van der Waals surface area (Å²) in [6.07, 6.45) is 2.38. The quantitative estimate of drug-likeness (QED) is 0.171. The molecular formula is C27H27ClN6O3. The van der Waals surface area contributed by atoms with Gasteiger partial charge in [-0.1, -0.05) is 60.1 Å². The molecule has 10 heteroatoms. The van der Waals surface area contributed by atoms with Crippen LogP contribution in [0, 0.1) is 0 Å². The van der Waals surface area contributed by atoms with Crippen molar-refractivity contribution < 1.29 is 14.7 Å². The third-order valence-corrected chi connectivity index (χ3v) is 7.25. The summed E-state index contributed by atoms with van der Waals surface area (Å²) in [6.45, 7) is 0.491. The Bertz CT molecular complexity index is 1350. The number of likely N-dealkylation sites (tertiary alicyclic amines) is 1. The van der Waals surface area contributed by atoms with Crippen molar-refractivity contribution in [1.29, 1.82) is 0 Å². The summed E-state index contributed by atoms with van der Waals surface area (Å²) in [4.78, 5) is 28.8. The van der Waals surface area contributed by atoms with Crippen LogP contribution in [0.5, 0.6) is 0 Å². The van der Waals surface area contributed by atoms with E-state index in [9.17, 15) is 14.7 Å². The number of fused-ring (bicyclic) bond motifs is 3. The highest BCUT2D eigenvalue weighted by Crippen LogP contribution is 2.48. The molecule has 2 amide bonds. The van der Waals surface area contributed by atoms with E-state index >= 15 is 0 Å². The third-order valence-electron chi connectivity index (χ3n) is 7.01. The second kappa shape index (κ2) is 9.85. The first-order valence-corrected chi connectivity index (χ1v) is 12.3. The van der Waals surface area contributed by atoms with Crippen molar-refractivity contribution in [2.45, 2.75) is 31.0 Å². The lowest BCUT2D eigenvalue weighted by Crippen LogP contribution is -2.52. The molecule has 0 aromatic heterocycles. The van der Waals surface area contributed by atoms with Crippen LogP contribution >= 0.6 is 11.6 Å². The molecule has 9 nitrogen and oxygen atoms in total. The van der Waals surface area contributed by atoms with Crippen LogP contribution in [0.4, 0.5) is 5.69 Å². The van der Waals surface area contributed by atoms with Crippen LogP contribution < -0.4 is 22.0 Å². The number of amides is 2. The number of hydrogen-bond donors (Lipinski definition) is 4. The van der Waals surface area contributed by atoms with Gasteiger partial charge in [0, 0.05) is 29.2 Å². The first-order valence-electron chi connectivity index (χ1n) is 11.9. The molecule has 1 saturated heterocycles. The lowest BCUT2D eigenvalue weighted by atomic mass is 9.89. The van der Waals surface area contributed by atoms with Gasteiger partial charge in [-0.3, -0.25) is 14.6 Å². The molecule has 2 aliphatic rings. The highest BCUT2D eigenvalue weighted by atomic mass is 35.5. The van der Waals surface area contributed by atoms with Crippen LogP contribution in [-0.4, -0.2) is 40.7 Å². The van der Waals surface area contributed by atoms with Gasteiger partial charge in [-0.2, -0.15) is 5.10 Å². The van der Waals surface area contributed by atoms with Crippen LogP contribution in [0.1, 0.15) is 29.5 Å². The van der Waals surface area contributed by atoms with E-state index in [0.29, 0.717) is 46.8 Å². The maximum atomic E-state index is 14.0. The Morgan fingerprint density at radius 3 is 2.43 bits per heavy atom. The first-order chi connectivity index (χ1) is 17.9. The van der Waals surface area contributed by atoms with E-state index in [1.165, 1.54) is 16.2 Å². The van der Waals surface area contributed by atoms with Gasteiger partial charge in [-0.05, 0) is 47.7 Å². The number of aliphatic hydroxyl groups is 1. The van der Waals surface area contributed by atoms with E-state index in [0.717, 1.165) is 11.1 Å². The molecule has 5 rings (SSSR count). The Kier molecular flexibility index (Phi) is 6.59. The van der Waals surface area contributed by atoms with Crippen molar-refractivity contribution in [2.24, 2.45) is 16.8 Å². The SMILES string of the molecule is N/N=C\N(N)c1ccc(Cl)cc1CNC(=O)[C@H]1CCCN1C(=O)C1(O)c2ccccc2-c2ccccc21. The van der Waals surface area contributed by atoms with Gasteiger partial charge in [0.15, 0.2) is 5.60 Å². The lowest BCUT2D eigenvalue weighted by Gasteiger charge is -2.33. The summed E-state index contributed by atoms with van der Waals surface area (Å²) in [6, 6.07) is 19.0. The van der Waals surface area contributed by atoms with E-state index in [1.54, 1.807) is 42.5 Å². The zero-order valence-corrected chi connectivity index (χ0v) is 20.7. The number of carbonyl (C=O) groups is 2. The van der Waals surface area contributed by atoms with Crippen LogP contribution in [0.3, 0.4) is 0 Å². The van der Waals surface area contributed by atoms with Gasteiger partial charge in [0.1, 0.15) is 12.4 Å². The van der Waals surface area contributed by atoms with Crippen molar-refractivity contribution in [3.63, 3.8) is 0 Å². The fraction of sp³-hybridized carbons (Fsp3) is 0.222. The van der Waals surface area contributed by atoms with Gasteiger partial charge in [-0.25, -0.2) is 5.84 Å². The molecule has 3 aromatic carbocycles. The molecule has 0 spiro atoms. The number of hydrogen-bond acceptors (Lipinski definition) is 6. The summed E-state index contributed by atoms with van der Waals surface area (Å²) >= 11 is 6.17. The highest BCUT2D eigenvalue weighted by molar-refractivity contribution is 6.30. The molecule has 0 unspecified atom stereocenters. The molecule has 3 aromatic rings. The van der Waals surface area contributed by atoms with Crippen molar-refractivity contribution in [3.8, 4) is 11.1 Å². The normalized spacial score (nSPS) is 17.5. The van der Waals surface area contributed by atoms with Crippen molar-refractivity contribution >= 4 is 35.4 Å². The van der Waals surface area contributed by atoms with E-state index in [1.807, 2.05) is 24.3 Å². The van der Waals surface area contributed by atoms with Crippen molar-refractivity contribution in [2.75, 3.05) is 11.6 Å². The largest absolute Gasteiger partial charge is 0.372 e. The standard InChI is InChI=1S/C27H27ClN6O3/c28-18-11-12-23(34(30)16-32-29)17(14-18)15-31-25(35)24-10-5-13-33(24)26(36)27(37)21-8-3-1-6-19(21)20-7-2-4-9-22(20)27/h1-4,6-9,11-12,14,16,24,37H,5,10,13,15,29-30H2,(H,31,35)/b32-16-/t24-/m1/s1. The number of hydrazone groups is 1. The number of nitrogens with zero attached hydrogens (tertiary/aromatic N) is 3. The Morgan fingerprint density at radius 2 is 1.78 bits per heavy atom. The number of anilines is 1. The molecule has 1 atom stereocenters. The summed E-state index contributed by atoms with van der Waals surface area (Å²) in [5.41, 5.74) is 2.03. The zero-order chi connectivity index (χ0) is 26.2. The number of benzene rings is 3. The molecule has 37 heavy (non-hydrogen) atoms. The minimum atomic E-state index is -1.86. The number of rotatable bonds is 6. The number of carbonyl (C=O) groups excluding carboxylic acids is 2. The van der Waals surface area contributed by atoms with Crippen LogP contribution in [-0.2, 0) is 21.7 Å². The Morgan fingerprint density at radius 1 is 1.14 bits per heavy atom. The predicted molar refractivity (Wildman–Crippen MR) is 142 cm³/mol. The lowest BCUT2D eigenvalue weighted by molar-refractivity contribution is -0.151. The Labute approximate surface area is 219 Å². The second-order valence-corrected chi connectivity index (χ2v) is 9.56. The van der Waals surface area contributed by atoms with Crippen molar-refractivity contribution in [3.05, 3.63) is 88.4 Å². The van der Waals surface area contributed by atoms with E-state index < -0.39 is 17.6 Å². The molecule has 6 N–H and O–H groups in total. The molecule has 0 saturated carbocycles. The number of halogens is 1. The van der Waals surface area contributed by atoms with Gasteiger partial charge in [-0.15, -0.1) is 0 Å². The van der Waals surface area contributed by atoms with Gasteiger partial charge < -0.3 is 21.2 Å². The van der Waals surface area contributed by atoms with Crippen LogP contribution in [0.2, 0.25) is 5.02 Å². The van der Waals surface area contributed by atoms with Gasteiger partial charge >= 0.3 is 0 Å². The van der Waals surface area contributed by atoms with Crippen LogP contribution in [0.25, 0.3) is 11.1 Å². The van der Waals surface area contributed by atoms with Gasteiger partial charge in [0.2, 0.25) is 5.91 Å². The third kappa shape index (κ3) is 4.21. The minimum Gasteiger partial charge on any atom is -0.372 e. The molecule has 1 fully saturated rings. The molecule has 1 aliphatic heterocycles. The molecule has 190 valence electrons. The second-order valence-electron chi connectivity index (χ2n) is 9.12. The fourth-order valence-electron chi connectivity index (χ4n) is 5.31. The topological polar surface area (TPSA) is 137 Å². The summed E-state index contributed by atoms with van der Waals surface area (Å²) in [5, 5.41) is 20.0. The predicted octanol–water partition coefficient (Wildman–Crippen LogP) is 2.45. The maximum Gasteiger partial charge on any atom is 0.264 e. The molecule has 1 heterocycles. The van der Waals surface area contributed by atoms with E-state index in [2.05, 4.69) is 10.4 Å².